The summed E-state index contributed by atoms with van der Waals surface area (Å²) in [6.07, 6.45) is -5.06. The maximum absolute atomic E-state index is 12.9. The molecular weight excluding hydrogens is 407 g/mol. The molecule has 5 nitrogen and oxygen atoms in total. The number of rotatable bonds is 4. The molecule has 2 heterocycles. The maximum atomic E-state index is 12.9. The van der Waals surface area contributed by atoms with E-state index in [1.807, 2.05) is 0 Å². The Kier molecular flexibility index (Phi) is 4.77. The first-order valence-electron chi connectivity index (χ1n) is 7.53. The highest BCUT2D eigenvalue weighted by molar-refractivity contribution is 7.10. The van der Waals surface area contributed by atoms with Crippen molar-refractivity contribution in [3.05, 3.63) is 55.1 Å². The molecule has 1 aromatic rings. The first-order valence-corrected chi connectivity index (χ1v) is 8.79. The quantitative estimate of drug-likeness (QED) is 0.685. The fourth-order valence-corrected chi connectivity index (χ4v) is 3.90. The lowest BCUT2D eigenvalue weighted by Gasteiger charge is -2.19. The molecule has 0 fully saturated rings. The van der Waals surface area contributed by atoms with Gasteiger partial charge in [0.15, 0.2) is 5.78 Å². The Morgan fingerprint density at radius 3 is 2.59 bits per heavy atom. The number of aliphatic carboxylic acids is 1. The van der Waals surface area contributed by atoms with Crippen molar-refractivity contribution in [1.29, 1.82) is 0 Å². The van der Waals surface area contributed by atoms with E-state index in [0.29, 0.717) is 28.8 Å². The summed E-state index contributed by atoms with van der Waals surface area (Å²) < 4.78 is 38.5. The summed E-state index contributed by atoms with van der Waals surface area (Å²) in [5.41, 5.74) is 0.412. The van der Waals surface area contributed by atoms with Gasteiger partial charge in [0, 0.05) is 28.6 Å². The van der Waals surface area contributed by atoms with Crippen LogP contribution >= 0.6 is 22.9 Å². The summed E-state index contributed by atoms with van der Waals surface area (Å²) in [4.78, 5) is 27.3. The van der Waals surface area contributed by atoms with Crippen molar-refractivity contribution < 1.29 is 33.0 Å². The van der Waals surface area contributed by atoms with Crippen LogP contribution in [0.1, 0.15) is 35.0 Å². The fourth-order valence-electron chi connectivity index (χ4n) is 2.93. The van der Waals surface area contributed by atoms with Gasteiger partial charge in [-0.15, -0.1) is 11.3 Å². The monoisotopic (exact) mass is 417 g/mol. The predicted octanol–water partition coefficient (Wildman–Crippen LogP) is 4.86. The van der Waals surface area contributed by atoms with Gasteiger partial charge in [0.2, 0.25) is 0 Å². The lowest BCUT2D eigenvalue weighted by atomic mass is 9.85. The zero-order valence-electron chi connectivity index (χ0n) is 13.6. The molecule has 0 radical (unpaired) electrons. The average Bonchev–Trinajstić information content (AvgIpc) is 3.14. The topological polar surface area (TPSA) is 87.0 Å². The van der Waals surface area contributed by atoms with Crippen molar-refractivity contribution in [2.75, 3.05) is 0 Å². The Morgan fingerprint density at radius 1 is 1.37 bits per heavy atom. The number of carbonyl (C=O) groups is 2. The summed E-state index contributed by atoms with van der Waals surface area (Å²) >= 11 is 6.34. The smallest absolute Gasteiger partial charge is 0.425 e. The van der Waals surface area contributed by atoms with Crippen LogP contribution in [0, 0.1) is 0 Å². The lowest BCUT2D eigenvalue weighted by molar-refractivity contribution is -0.136. The van der Waals surface area contributed by atoms with Gasteiger partial charge in [-0.25, -0.2) is 0 Å². The minimum Gasteiger partial charge on any atom is -0.506 e. The molecule has 2 N–H and O–H groups in total. The second-order valence-electron chi connectivity index (χ2n) is 5.90. The zero-order chi connectivity index (χ0) is 20.1. The molecule has 142 valence electrons. The number of aliphatic imine (C=N–C) groups is 1. The number of carbonyl (C=O) groups excluding carboxylic acids is 1. The van der Waals surface area contributed by atoms with Gasteiger partial charge in [-0.2, -0.15) is 13.2 Å². The SMILES string of the molecule is CC1=C(CC(=O)O)C2=C(C(=O)c3csc(C(F)(F)F)c3)C(O)=C(Cl)CC2=N1. The van der Waals surface area contributed by atoms with Gasteiger partial charge in [-0.05, 0) is 18.6 Å². The molecular formula is C17H11ClF3NO4S. The number of hydrogen-bond donors (Lipinski definition) is 2. The van der Waals surface area contributed by atoms with E-state index in [2.05, 4.69) is 4.99 Å². The van der Waals surface area contributed by atoms with Gasteiger partial charge in [0.25, 0.3) is 0 Å². The van der Waals surface area contributed by atoms with Gasteiger partial charge in [-0.3, -0.25) is 14.6 Å². The van der Waals surface area contributed by atoms with Crippen LogP contribution in [0.15, 0.2) is 49.6 Å². The number of hydrogen-bond acceptors (Lipinski definition) is 5. The molecule has 0 amide bonds. The number of thiophene rings is 1. The summed E-state index contributed by atoms with van der Waals surface area (Å²) in [5, 5.41) is 20.4. The number of aliphatic hydroxyl groups is 1. The van der Waals surface area contributed by atoms with Gasteiger partial charge in [-0.1, -0.05) is 11.6 Å². The molecule has 27 heavy (non-hydrogen) atoms. The number of fused-ring (bicyclic) bond motifs is 1. The molecule has 1 aromatic heterocycles. The average molecular weight is 418 g/mol. The van der Waals surface area contributed by atoms with E-state index < -0.39 is 35.0 Å². The van der Waals surface area contributed by atoms with Crippen molar-refractivity contribution in [2.45, 2.75) is 25.9 Å². The summed E-state index contributed by atoms with van der Waals surface area (Å²) in [6.45, 7) is 1.55. The van der Waals surface area contributed by atoms with Crippen LogP contribution in [0.5, 0.6) is 0 Å². The van der Waals surface area contributed by atoms with Gasteiger partial charge < -0.3 is 10.2 Å². The number of alkyl halides is 3. The number of aliphatic hydroxyl groups excluding tert-OH is 1. The third-order valence-corrected chi connectivity index (χ3v) is 5.38. The summed E-state index contributed by atoms with van der Waals surface area (Å²) in [6, 6.07) is 0.690. The van der Waals surface area contributed by atoms with Crippen LogP contribution in [-0.4, -0.2) is 27.7 Å². The second kappa shape index (κ2) is 6.65. The minimum atomic E-state index is -4.60. The zero-order valence-corrected chi connectivity index (χ0v) is 15.2. The Morgan fingerprint density at radius 2 is 2.04 bits per heavy atom. The number of carboxylic acid groups (broad SMARTS) is 1. The molecule has 0 bridgehead atoms. The largest absolute Gasteiger partial charge is 0.506 e. The minimum absolute atomic E-state index is 0.00258. The Balaban J connectivity index is 2.16. The molecule has 1 aliphatic heterocycles. The molecule has 0 aromatic carbocycles. The number of Topliss-reactive ketones (excluding diaryl/α,β-unsaturated/α-hetero) is 1. The number of ketones is 1. The van der Waals surface area contributed by atoms with E-state index in [9.17, 15) is 27.9 Å². The van der Waals surface area contributed by atoms with Gasteiger partial charge in [0.05, 0.1) is 22.7 Å². The van der Waals surface area contributed by atoms with Crippen molar-refractivity contribution in [1.82, 2.24) is 0 Å². The Labute approximate surface area is 159 Å². The molecule has 2 aliphatic rings. The molecule has 3 rings (SSSR count). The maximum Gasteiger partial charge on any atom is 0.425 e. The highest BCUT2D eigenvalue weighted by atomic mass is 35.5. The molecule has 0 saturated heterocycles. The highest BCUT2D eigenvalue weighted by Crippen LogP contribution is 2.42. The van der Waals surface area contributed by atoms with Crippen molar-refractivity contribution in [3.8, 4) is 0 Å². The molecule has 0 atom stereocenters. The molecule has 0 saturated carbocycles. The molecule has 0 spiro atoms. The van der Waals surface area contributed by atoms with E-state index >= 15 is 0 Å². The van der Waals surface area contributed by atoms with Crippen LogP contribution in [-0.2, 0) is 11.0 Å². The molecule has 1 aliphatic carbocycles. The fraction of sp³-hybridized carbons (Fsp3) is 0.235. The van der Waals surface area contributed by atoms with Crippen molar-refractivity contribution >= 4 is 40.4 Å². The van der Waals surface area contributed by atoms with Crippen LogP contribution in [0.3, 0.4) is 0 Å². The first kappa shape index (κ1) is 19.4. The normalized spacial score (nSPS) is 17.4. The van der Waals surface area contributed by atoms with Gasteiger partial charge >= 0.3 is 12.1 Å². The highest BCUT2D eigenvalue weighted by Gasteiger charge is 2.38. The van der Waals surface area contributed by atoms with Crippen LogP contribution in [0.4, 0.5) is 13.2 Å². The third-order valence-electron chi connectivity index (χ3n) is 4.09. The standard InChI is InChI=1S/C17H11ClF3NO4S/c1-6-8(3-12(23)24)13-10(22-6)4-9(18)16(26)14(13)15(25)7-2-11(27-5-7)17(19,20)21/h2,5,26H,3-4H2,1H3,(H,23,24). The van der Waals surface area contributed by atoms with E-state index in [1.54, 1.807) is 6.92 Å². The third kappa shape index (κ3) is 3.44. The second-order valence-corrected chi connectivity index (χ2v) is 7.27. The number of halogens is 4. The molecule has 0 unspecified atom stereocenters. The van der Waals surface area contributed by atoms with Crippen LogP contribution in [0.2, 0.25) is 0 Å². The van der Waals surface area contributed by atoms with Crippen LogP contribution < -0.4 is 0 Å². The summed E-state index contributed by atoms with van der Waals surface area (Å²) in [7, 11) is 0. The predicted molar refractivity (Wildman–Crippen MR) is 93.2 cm³/mol. The van der Waals surface area contributed by atoms with E-state index in [1.165, 1.54) is 0 Å². The Bertz CT molecular complexity index is 998. The molecule has 10 heteroatoms. The Hall–Kier alpha value is -2.39. The first-order chi connectivity index (χ1) is 12.5. The van der Waals surface area contributed by atoms with E-state index in [0.717, 1.165) is 5.38 Å². The van der Waals surface area contributed by atoms with E-state index in [4.69, 9.17) is 16.7 Å². The number of nitrogens with zero attached hydrogens (tertiary/aromatic N) is 1. The van der Waals surface area contributed by atoms with Crippen LogP contribution in [0.25, 0.3) is 0 Å². The number of carboxylic acids is 1. The van der Waals surface area contributed by atoms with E-state index in [-0.39, 0.29) is 33.7 Å². The summed E-state index contributed by atoms with van der Waals surface area (Å²) in [5.74, 6) is -2.62. The lowest BCUT2D eigenvalue weighted by Crippen LogP contribution is -2.20. The van der Waals surface area contributed by atoms with Crippen molar-refractivity contribution in [2.24, 2.45) is 4.99 Å². The van der Waals surface area contributed by atoms with Gasteiger partial charge in [0.1, 0.15) is 10.6 Å². The number of allylic oxidation sites excluding steroid dienone is 4. The van der Waals surface area contributed by atoms with Crippen molar-refractivity contribution in [3.63, 3.8) is 0 Å².